The molecule has 0 bridgehead atoms. The molecule has 2 aromatic carbocycles. The normalized spacial score (nSPS) is 21.9. The van der Waals surface area contributed by atoms with Gasteiger partial charge in [-0.15, -0.1) is 0 Å². The zero-order chi connectivity index (χ0) is 22.9. The monoisotopic (exact) mass is 449 g/mol. The van der Waals surface area contributed by atoms with Gasteiger partial charge in [-0.1, -0.05) is 18.2 Å². The Bertz CT molecular complexity index is 1140. The lowest BCUT2D eigenvalue weighted by atomic mass is 9.96. The molecule has 0 aliphatic carbocycles. The number of benzene rings is 2. The Morgan fingerprint density at radius 2 is 2.12 bits per heavy atom. The van der Waals surface area contributed by atoms with Gasteiger partial charge in [-0.3, -0.25) is 9.59 Å². The summed E-state index contributed by atoms with van der Waals surface area (Å²) in [5.41, 5.74) is 4.65. The smallest absolute Gasteiger partial charge is 0.260 e. The lowest BCUT2D eigenvalue weighted by Crippen LogP contribution is -2.43. The third kappa shape index (κ3) is 4.25. The second-order valence-corrected chi connectivity index (χ2v) is 8.91. The minimum atomic E-state index is -0.385. The van der Waals surface area contributed by atoms with Crippen molar-refractivity contribution < 1.29 is 18.7 Å². The highest BCUT2D eigenvalue weighted by atomic mass is 19.1. The van der Waals surface area contributed by atoms with E-state index in [-0.39, 0.29) is 23.5 Å². The second-order valence-electron chi connectivity index (χ2n) is 8.91. The molecule has 0 radical (unpaired) electrons. The van der Waals surface area contributed by atoms with Crippen LogP contribution in [0.2, 0.25) is 0 Å². The van der Waals surface area contributed by atoms with Crippen LogP contribution in [-0.2, 0) is 27.4 Å². The fourth-order valence-corrected chi connectivity index (χ4v) is 5.02. The van der Waals surface area contributed by atoms with Crippen molar-refractivity contribution in [3.05, 3.63) is 64.5 Å². The number of amides is 2. The molecule has 172 valence electrons. The number of rotatable bonds is 5. The largest absolute Gasteiger partial charge is 0.487 e. The van der Waals surface area contributed by atoms with Crippen LogP contribution >= 0.6 is 0 Å². The molecule has 6 nitrogen and oxygen atoms in total. The Kier molecular flexibility index (Phi) is 5.89. The van der Waals surface area contributed by atoms with Gasteiger partial charge in [-0.2, -0.15) is 0 Å². The van der Waals surface area contributed by atoms with E-state index in [0.29, 0.717) is 35.7 Å². The molecule has 33 heavy (non-hydrogen) atoms. The quantitative estimate of drug-likeness (QED) is 0.685. The molecule has 0 aromatic heterocycles. The van der Waals surface area contributed by atoms with Gasteiger partial charge in [0.05, 0.1) is 11.5 Å². The topological polar surface area (TPSA) is 70.7 Å². The van der Waals surface area contributed by atoms with E-state index in [9.17, 15) is 14.0 Å². The number of hydrogen-bond acceptors (Lipinski definition) is 4. The number of ether oxygens (including phenoxy) is 1. The fraction of sp³-hybridized carbons (Fsp3) is 0.385. The molecule has 7 heteroatoms. The molecule has 2 amide bonds. The van der Waals surface area contributed by atoms with E-state index in [4.69, 9.17) is 4.74 Å². The summed E-state index contributed by atoms with van der Waals surface area (Å²) in [6.45, 7) is 5.74. The molecule has 1 saturated heterocycles. The van der Waals surface area contributed by atoms with E-state index in [1.165, 1.54) is 17.7 Å². The predicted octanol–water partition coefficient (Wildman–Crippen LogP) is 3.57. The Hall–Kier alpha value is -3.19. The van der Waals surface area contributed by atoms with Crippen LogP contribution in [0.4, 0.5) is 10.1 Å². The molecule has 1 fully saturated rings. The van der Waals surface area contributed by atoms with Crippen molar-refractivity contribution >= 4 is 28.8 Å². The van der Waals surface area contributed by atoms with Crippen LogP contribution in [0.3, 0.4) is 0 Å². The maximum atomic E-state index is 13.8. The number of likely N-dealkylation sites (tertiary alicyclic amines) is 1. The van der Waals surface area contributed by atoms with Crippen LogP contribution in [0.5, 0.6) is 0 Å². The van der Waals surface area contributed by atoms with Crippen LogP contribution in [0.15, 0.2) is 36.4 Å². The highest BCUT2D eigenvalue weighted by molar-refractivity contribution is 6.36. The summed E-state index contributed by atoms with van der Waals surface area (Å²) in [7, 11) is 0. The highest BCUT2D eigenvalue weighted by Crippen LogP contribution is 2.42. The Morgan fingerprint density at radius 3 is 2.97 bits per heavy atom. The van der Waals surface area contributed by atoms with E-state index in [2.05, 4.69) is 27.7 Å². The van der Waals surface area contributed by atoms with Gasteiger partial charge < -0.3 is 20.3 Å². The first kappa shape index (κ1) is 21.6. The number of nitrogens with one attached hydrogen (secondary N) is 2. The SMILES string of the molecule is CCNC(=O)C1CCCN(CCc2ccc3c(c2)CO/C3=C2/C(=O)Nc3ccc(F)cc32)C1. The van der Waals surface area contributed by atoms with Gasteiger partial charge in [-0.25, -0.2) is 4.39 Å². The van der Waals surface area contributed by atoms with Crippen molar-refractivity contribution in [2.75, 3.05) is 31.5 Å². The molecule has 2 N–H and O–H groups in total. The van der Waals surface area contributed by atoms with Gasteiger partial charge in [-0.05, 0) is 56.5 Å². The Labute approximate surface area is 192 Å². The fourth-order valence-electron chi connectivity index (χ4n) is 5.02. The molecule has 0 spiro atoms. The number of anilines is 1. The lowest BCUT2D eigenvalue weighted by Gasteiger charge is -2.32. The average Bonchev–Trinajstić information content (AvgIpc) is 3.37. The summed E-state index contributed by atoms with van der Waals surface area (Å²) < 4.78 is 19.7. The third-order valence-corrected chi connectivity index (χ3v) is 6.68. The van der Waals surface area contributed by atoms with E-state index in [1.807, 2.05) is 13.0 Å². The van der Waals surface area contributed by atoms with Gasteiger partial charge in [0.1, 0.15) is 18.2 Å². The molecule has 1 unspecified atom stereocenters. The van der Waals surface area contributed by atoms with E-state index in [0.717, 1.165) is 50.0 Å². The zero-order valence-corrected chi connectivity index (χ0v) is 18.7. The summed E-state index contributed by atoms with van der Waals surface area (Å²) in [6, 6.07) is 10.5. The minimum absolute atomic E-state index is 0.0755. The number of carbonyl (C=O) groups excluding carboxylic acids is 2. The van der Waals surface area contributed by atoms with Crippen molar-refractivity contribution in [1.82, 2.24) is 10.2 Å². The Balaban J connectivity index is 1.30. The molecule has 5 rings (SSSR count). The summed E-state index contributed by atoms with van der Waals surface area (Å²) in [6.07, 6.45) is 2.88. The molecular weight excluding hydrogens is 421 g/mol. The summed E-state index contributed by atoms with van der Waals surface area (Å²) in [5.74, 6) is 0.0963. The van der Waals surface area contributed by atoms with Gasteiger partial charge >= 0.3 is 0 Å². The van der Waals surface area contributed by atoms with Crippen molar-refractivity contribution in [2.45, 2.75) is 32.8 Å². The molecule has 0 saturated carbocycles. The van der Waals surface area contributed by atoms with Gasteiger partial charge in [0, 0.05) is 42.0 Å². The second kappa shape index (κ2) is 8.98. The molecule has 3 aliphatic rings. The lowest BCUT2D eigenvalue weighted by molar-refractivity contribution is -0.126. The summed E-state index contributed by atoms with van der Waals surface area (Å²) >= 11 is 0. The molecule has 3 heterocycles. The number of halogens is 1. The van der Waals surface area contributed by atoms with Gasteiger partial charge in [0.15, 0.2) is 0 Å². The maximum absolute atomic E-state index is 13.8. The van der Waals surface area contributed by atoms with Crippen LogP contribution in [-0.4, -0.2) is 42.9 Å². The minimum Gasteiger partial charge on any atom is -0.487 e. The Morgan fingerprint density at radius 1 is 1.24 bits per heavy atom. The number of hydrogen-bond donors (Lipinski definition) is 2. The first-order valence-corrected chi connectivity index (χ1v) is 11.6. The van der Waals surface area contributed by atoms with Crippen LogP contribution in [0.1, 0.15) is 42.0 Å². The van der Waals surface area contributed by atoms with Crippen LogP contribution in [0.25, 0.3) is 11.3 Å². The average molecular weight is 450 g/mol. The van der Waals surface area contributed by atoms with Crippen molar-refractivity contribution in [1.29, 1.82) is 0 Å². The highest BCUT2D eigenvalue weighted by Gasteiger charge is 2.33. The maximum Gasteiger partial charge on any atom is 0.260 e. The standard InChI is InChI=1S/C26H28FN3O3/c1-2-28-25(31)17-4-3-10-30(14-17)11-9-16-5-7-20-18(12-16)15-33-24(20)23-21-13-19(27)6-8-22(21)29-26(23)32/h5-8,12-13,17H,2-4,9-11,14-15H2,1H3,(H,28,31)(H,29,32)/b24-23+. The number of fused-ring (bicyclic) bond motifs is 2. The molecule has 3 aliphatic heterocycles. The third-order valence-electron chi connectivity index (χ3n) is 6.68. The first-order valence-electron chi connectivity index (χ1n) is 11.6. The van der Waals surface area contributed by atoms with Gasteiger partial charge in [0.25, 0.3) is 5.91 Å². The van der Waals surface area contributed by atoms with Crippen LogP contribution < -0.4 is 10.6 Å². The number of carbonyl (C=O) groups is 2. The van der Waals surface area contributed by atoms with E-state index < -0.39 is 0 Å². The zero-order valence-electron chi connectivity index (χ0n) is 18.7. The number of nitrogens with zero attached hydrogens (tertiary/aromatic N) is 1. The molecular formula is C26H28FN3O3. The van der Waals surface area contributed by atoms with E-state index in [1.54, 1.807) is 6.07 Å². The first-order chi connectivity index (χ1) is 16.0. The van der Waals surface area contributed by atoms with Crippen molar-refractivity contribution in [3.63, 3.8) is 0 Å². The predicted molar refractivity (Wildman–Crippen MR) is 125 cm³/mol. The van der Waals surface area contributed by atoms with E-state index >= 15 is 0 Å². The summed E-state index contributed by atoms with van der Waals surface area (Å²) in [4.78, 5) is 27.2. The summed E-state index contributed by atoms with van der Waals surface area (Å²) in [5, 5.41) is 5.74. The van der Waals surface area contributed by atoms with Crippen molar-refractivity contribution in [3.8, 4) is 0 Å². The number of piperidine rings is 1. The van der Waals surface area contributed by atoms with Crippen molar-refractivity contribution in [2.24, 2.45) is 5.92 Å². The van der Waals surface area contributed by atoms with Crippen LogP contribution in [0, 0.1) is 11.7 Å². The molecule has 2 aromatic rings. The molecule has 1 atom stereocenters. The van der Waals surface area contributed by atoms with Gasteiger partial charge in [0.2, 0.25) is 5.91 Å².